The van der Waals surface area contributed by atoms with E-state index in [1.165, 1.54) is 19.3 Å². The fraction of sp³-hybridized carbons (Fsp3) is 0.526. The van der Waals surface area contributed by atoms with E-state index in [1.54, 1.807) is 12.1 Å². The molecule has 2 amide bonds. The molecule has 0 saturated carbocycles. The zero-order chi connectivity index (χ0) is 20.5. The van der Waals surface area contributed by atoms with E-state index in [9.17, 15) is 14.4 Å². The highest BCUT2D eigenvalue weighted by atomic mass is 35.5. The lowest BCUT2D eigenvalue weighted by molar-refractivity contribution is -0.177. The molecule has 2 rings (SSSR count). The van der Waals surface area contributed by atoms with Crippen LogP contribution in [0.5, 0.6) is 5.75 Å². The minimum Gasteiger partial charge on any atom is -0.490 e. The molecule has 1 aliphatic rings. The number of hydrogen-bond acceptors (Lipinski definition) is 6. The van der Waals surface area contributed by atoms with Crippen molar-refractivity contribution in [2.24, 2.45) is 0 Å². The van der Waals surface area contributed by atoms with Crippen LogP contribution in [0.1, 0.15) is 57.4 Å². The number of ether oxygens (including phenoxy) is 2. The van der Waals surface area contributed by atoms with Gasteiger partial charge in [0, 0.05) is 12.8 Å². The first kappa shape index (κ1) is 22.3. The Morgan fingerprint density at radius 2 is 1.64 bits per heavy atom. The second-order valence-electron chi connectivity index (χ2n) is 6.36. The number of amides is 2. The van der Waals surface area contributed by atoms with Crippen molar-refractivity contribution in [3.63, 3.8) is 0 Å². The lowest BCUT2D eigenvalue weighted by Crippen LogP contribution is -2.32. The fourth-order valence-electron chi connectivity index (χ4n) is 2.61. The summed E-state index contributed by atoms with van der Waals surface area (Å²) in [6.07, 6.45) is 4.41. The molecular formula is C19H23Cl2NO6. The fourth-order valence-corrected chi connectivity index (χ4v) is 3.26. The van der Waals surface area contributed by atoms with E-state index in [0.717, 1.165) is 12.8 Å². The number of rotatable bonds is 10. The van der Waals surface area contributed by atoms with Gasteiger partial charge >= 0.3 is 6.16 Å². The van der Waals surface area contributed by atoms with E-state index < -0.39 is 18.0 Å². The second kappa shape index (κ2) is 11.1. The molecule has 1 aliphatic heterocycles. The highest BCUT2D eigenvalue weighted by Gasteiger charge is 2.33. The van der Waals surface area contributed by atoms with E-state index in [2.05, 4.69) is 11.8 Å². The third kappa shape index (κ3) is 6.56. The average molecular weight is 432 g/mol. The summed E-state index contributed by atoms with van der Waals surface area (Å²) in [4.78, 5) is 39.1. The first-order valence-corrected chi connectivity index (χ1v) is 9.99. The highest BCUT2D eigenvalue weighted by molar-refractivity contribution is 6.37. The normalized spacial score (nSPS) is 13.8. The standard InChI is InChI=1S/C19H23Cl2NO6/c1-2-3-4-5-6-9-26-18-14(20)10-13(11-15(18)21)12-27-19(25)28-22-16(23)7-8-17(22)24/h10-11H,2-9,12H2,1H3. The maximum absolute atomic E-state index is 11.7. The molecule has 9 heteroatoms. The molecule has 1 saturated heterocycles. The molecule has 0 atom stereocenters. The second-order valence-corrected chi connectivity index (χ2v) is 7.18. The third-order valence-electron chi connectivity index (χ3n) is 4.08. The van der Waals surface area contributed by atoms with Crippen LogP contribution in [0.15, 0.2) is 12.1 Å². The Morgan fingerprint density at radius 1 is 1.04 bits per heavy atom. The molecule has 0 unspecified atom stereocenters. The summed E-state index contributed by atoms with van der Waals surface area (Å²) >= 11 is 12.4. The molecule has 0 spiro atoms. The number of carbonyl (C=O) groups is 3. The Morgan fingerprint density at radius 3 is 2.25 bits per heavy atom. The van der Waals surface area contributed by atoms with Gasteiger partial charge in [-0.25, -0.2) is 4.79 Å². The lowest BCUT2D eigenvalue weighted by atomic mass is 10.2. The largest absolute Gasteiger partial charge is 0.534 e. The zero-order valence-electron chi connectivity index (χ0n) is 15.7. The predicted octanol–water partition coefficient (Wildman–Crippen LogP) is 5.06. The molecule has 28 heavy (non-hydrogen) atoms. The number of hydrogen-bond donors (Lipinski definition) is 0. The van der Waals surface area contributed by atoms with Gasteiger partial charge in [-0.05, 0) is 24.1 Å². The maximum atomic E-state index is 11.7. The molecule has 0 bridgehead atoms. The van der Waals surface area contributed by atoms with E-state index >= 15 is 0 Å². The van der Waals surface area contributed by atoms with Gasteiger partial charge in [0.05, 0.1) is 16.7 Å². The van der Waals surface area contributed by atoms with Crippen LogP contribution in [0.2, 0.25) is 10.0 Å². The Hall–Kier alpha value is -1.99. The van der Waals surface area contributed by atoms with Crippen LogP contribution in [0.3, 0.4) is 0 Å². The zero-order valence-corrected chi connectivity index (χ0v) is 17.2. The quantitative estimate of drug-likeness (QED) is 0.292. The van der Waals surface area contributed by atoms with Gasteiger partial charge in [-0.15, -0.1) is 0 Å². The van der Waals surface area contributed by atoms with Gasteiger partial charge in [0.1, 0.15) is 6.61 Å². The summed E-state index contributed by atoms with van der Waals surface area (Å²) in [7, 11) is 0. The number of unbranched alkanes of at least 4 members (excludes halogenated alkanes) is 4. The Balaban J connectivity index is 1.82. The molecule has 1 aromatic rings. The summed E-state index contributed by atoms with van der Waals surface area (Å²) in [6, 6.07) is 3.14. The molecule has 154 valence electrons. The van der Waals surface area contributed by atoms with Crippen LogP contribution in [0.25, 0.3) is 0 Å². The summed E-state index contributed by atoms with van der Waals surface area (Å²) in [5.74, 6) is -0.771. The van der Waals surface area contributed by atoms with Gasteiger partial charge < -0.3 is 9.47 Å². The molecular weight excluding hydrogens is 409 g/mol. The number of hydroxylamine groups is 2. The van der Waals surface area contributed by atoms with Crippen LogP contribution in [-0.2, 0) is 25.8 Å². The van der Waals surface area contributed by atoms with Crippen LogP contribution >= 0.6 is 23.2 Å². The van der Waals surface area contributed by atoms with Crippen molar-refractivity contribution in [2.75, 3.05) is 6.61 Å². The minimum absolute atomic E-state index is 0.0113. The van der Waals surface area contributed by atoms with Gasteiger partial charge in [-0.3, -0.25) is 14.4 Å². The smallest absolute Gasteiger partial charge is 0.490 e. The van der Waals surface area contributed by atoms with Crippen molar-refractivity contribution >= 4 is 41.2 Å². The number of carbonyl (C=O) groups excluding carboxylic acids is 3. The van der Waals surface area contributed by atoms with Crippen molar-refractivity contribution in [1.29, 1.82) is 0 Å². The summed E-state index contributed by atoms with van der Waals surface area (Å²) < 4.78 is 10.6. The summed E-state index contributed by atoms with van der Waals surface area (Å²) in [5, 5.41) is 1.02. The van der Waals surface area contributed by atoms with Gasteiger partial charge in [-0.2, -0.15) is 0 Å². The number of imide groups is 1. The number of nitrogens with zero attached hydrogens (tertiary/aromatic N) is 1. The topological polar surface area (TPSA) is 82.1 Å². The number of halogens is 2. The van der Waals surface area contributed by atoms with Gasteiger partial charge in [-0.1, -0.05) is 60.9 Å². The maximum Gasteiger partial charge on any atom is 0.534 e. The summed E-state index contributed by atoms with van der Waals surface area (Å²) in [5.41, 5.74) is 0.515. The van der Waals surface area contributed by atoms with E-state index in [-0.39, 0.29) is 19.4 Å². The minimum atomic E-state index is -1.16. The molecule has 0 N–H and O–H groups in total. The van der Waals surface area contributed by atoms with Gasteiger partial charge in [0.15, 0.2) is 5.75 Å². The first-order chi connectivity index (χ1) is 13.4. The number of benzene rings is 1. The van der Waals surface area contributed by atoms with Crippen molar-refractivity contribution < 1.29 is 28.7 Å². The molecule has 0 radical (unpaired) electrons. The van der Waals surface area contributed by atoms with Crippen molar-refractivity contribution in [2.45, 2.75) is 58.5 Å². The van der Waals surface area contributed by atoms with Crippen LogP contribution in [0, 0.1) is 0 Å². The first-order valence-electron chi connectivity index (χ1n) is 9.23. The van der Waals surface area contributed by atoms with Crippen molar-refractivity contribution in [3.05, 3.63) is 27.7 Å². The van der Waals surface area contributed by atoms with E-state index in [4.69, 9.17) is 32.7 Å². The molecule has 0 aromatic heterocycles. The Kier molecular flexibility index (Phi) is 8.86. The van der Waals surface area contributed by atoms with Crippen molar-refractivity contribution in [3.8, 4) is 5.75 Å². The highest BCUT2D eigenvalue weighted by Crippen LogP contribution is 2.34. The molecule has 7 nitrogen and oxygen atoms in total. The molecule has 1 fully saturated rings. The molecule has 0 aliphatic carbocycles. The lowest BCUT2D eigenvalue weighted by Gasteiger charge is -2.14. The summed E-state index contributed by atoms with van der Waals surface area (Å²) in [6.45, 7) is 2.49. The monoisotopic (exact) mass is 431 g/mol. The van der Waals surface area contributed by atoms with E-state index in [0.29, 0.717) is 33.0 Å². The average Bonchev–Trinajstić information content (AvgIpc) is 2.96. The Bertz CT molecular complexity index is 685. The molecule has 1 heterocycles. The van der Waals surface area contributed by atoms with Gasteiger partial charge in [0.25, 0.3) is 11.8 Å². The van der Waals surface area contributed by atoms with Crippen molar-refractivity contribution in [1.82, 2.24) is 5.06 Å². The van der Waals surface area contributed by atoms with Crippen LogP contribution < -0.4 is 4.74 Å². The van der Waals surface area contributed by atoms with Crippen LogP contribution in [-0.4, -0.2) is 29.6 Å². The third-order valence-corrected chi connectivity index (χ3v) is 4.64. The predicted molar refractivity (Wildman–Crippen MR) is 103 cm³/mol. The van der Waals surface area contributed by atoms with Gasteiger partial charge in [0.2, 0.25) is 0 Å². The van der Waals surface area contributed by atoms with Crippen LogP contribution in [0.4, 0.5) is 4.79 Å². The van der Waals surface area contributed by atoms with E-state index in [1.807, 2.05) is 0 Å². The SMILES string of the molecule is CCCCCCCOc1c(Cl)cc(COC(=O)ON2C(=O)CCC2=O)cc1Cl. The molecule has 1 aromatic carbocycles. The Labute approximate surface area is 173 Å².